The van der Waals surface area contributed by atoms with Gasteiger partial charge in [-0.05, 0) is 85.6 Å². The van der Waals surface area contributed by atoms with Gasteiger partial charge < -0.3 is 19.5 Å². The molecule has 0 bridgehead atoms. The summed E-state index contributed by atoms with van der Waals surface area (Å²) in [6.45, 7) is 3.90. The molecule has 0 aromatic heterocycles. The molecule has 42 heavy (non-hydrogen) atoms. The van der Waals surface area contributed by atoms with Crippen LogP contribution in [0.5, 0.6) is 17.2 Å². The maximum Gasteiger partial charge on any atom is 0.271 e. The first-order chi connectivity index (χ1) is 20.3. The Morgan fingerprint density at radius 3 is 2.43 bits per heavy atom. The Hall–Kier alpha value is -4.89. The van der Waals surface area contributed by atoms with E-state index >= 15 is 0 Å². The molecule has 0 aliphatic heterocycles. The average molecular weight is 590 g/mol. The van der Waals surface area contributed by atoms with Crippen molar-refractivity contribution in [1.29, 1.82) is 0 Å². The Labute approximate surface area is 248 Å². The molecule has 10 heteroatoms. The first-order valence-corrected chi connectivity index (χ1v) is 13.5. The Balaban J connectivity index is 1.30. The molecule has 216 valence electrons. The van der Waals surface area contributed by atoms with Crippen molar-refractivity contribution in [2.75, 3.05) is 18.5 Å². The number of aryl methyl sites for hydroxylation is 1. The third-order valence-corrected chi connectivity index (χ3v) is 6.32. The summed E-state index contributed by atoms with van der Waals surface area (Å²) in [4.78, 5) is 24.8. The van der Waals surface area contributed by atoms with Gasteiger partial charge in [0.2, 0.25) is 0 Å². The average Bonchev–Trinajstić information content (AvgIpc) is 2.98. The van der Waals surface area contributed by atoms with Gasteiger partial charge in [-0.25, -0.2) is 9.82 Å². The molecule has 0 saturated heterocycles. The van der Waals surface area contributed by atoms with Crippen LogP contribution in [-0.2, 0) is 11.4 Å². The van der Waals surface area contributed by atoms with E-state index in [4.69, 9.17) is 25.8 Å². The van der Waals surface area contributed by atoms with Crippen molar-refractivity contribution >= 4 is 35.3 Å². The van der Waals surface area contributed by atoms with Crippen molar-refractivity contribution in [2.24, 2.45) is 5.10 Å². The Morgan fingerprint density at radius 1 is 0.905 bits per heavy atom. The van der Waals surface area contributed by atoms with Gasteiger partial charge in [-0.1, -0.05) is 35.9 Å². The van der Waals surface area contributed by atoms with Crippen molar-refractivity contribution in [1.82, 2.24) is 5.43 Å². The summed E-state index contributed by atoms with van der Waals surface area (Å²) in [7, 11) is 0. The number of hydrazone groups is 1. The van der Waals surface area contributed by atoms with Gasteiger partial charge in [0.1, 0.15) is 18.2 Å². The number of hydrogen-bond acceptors (Lipinski definition) is 6. The summed E-state index contributed by atoms with van der Waals surface area (Å²) in [5, 5.41) is 7.03. The third kappa shape index (κ3) is 8.31. The SMILES string of the molecule is CCOc1cc(/C=N/NC(=O)c2ccc(NC(=O)COc3ccccc3C)cc2)ccc1OCc1c(F)cccc1Cl. The van der Waals surface area contributed by atoms with Crippen LogP contribution in [0.25, 0.3) is 0 Å². The quantitative estimate of drug-likeness (QED) is 0.144. The van der Waals surface area contributed by atoms with Crippen LogP contribution in [0.4, 0.5) is 10.1 Å². The van der Waals surface area contributed by atoms with Gasteiger partial charge in [-0.3, -0.25) is 9.59 Å². The third-order valence-electron chi connectivity index (χ3n) is 5.96. The first kappa shape index (κ1) is 30.1. The van der Waals surface area contributed by atoms with Crippen LogP contribution >= 0.6 is 11.6 Å². The molecule has 0 heterocycles. The van der Waals surface area contributed by atoms with Gasteiger partial charge in [0.25, 0.3) is 11.8 Å². The number of carbonyl (C=O) groups excluding carboxylic acids is 2. The van der Waals surface area contributed by atoms with Gasteiger partial charge in [0.05, 0.1) is 17.8 Å². The summed E-state index contributed by atoms with van der Waals surface area (Å²) < 4.78 is 31.1. The minimum absolute atomic E-state index is 0.0707. The molecule has 4 rings (SSSR count). The van der Waals surface area contributed by atoms with E-state index in [2.05, 4.69) is 15.8 Å². The molecule has 8 nitrogen and oxygen atoms in total. The van der Waals surface area contributed by atoms with Crippen molar-refractivity contribution in [3.8, 4) is 17.2 Å². The number of rotatable bonds is 12. The van der Waals surface area contributed by atoms with E-state index in [0.29, 0.717) is 40.7 Å². The van der Waals surface area contributed by atoms with E-state index in [9.17, 15) is 14.0 Å². The number of anilines is 1. The fourth-order valence-electron chi connectivity index (χ4n) is 3.81. The predicted octanol–water partition coefficient (Wildman–Crippen LogP) is 6.55. The standard InChI is InChI=1S/C32H29ClFN3O5/c1-3-40-30-17-22(11-16-29(30)41-19-25-26(33)8-6-9-27(25)34)18-35-37-32(39)23-12-14-24(15-13-23)36-31(38)20-42-28-10-5-4-7-21(28)2/h4-18H,3,19-20H2,1-2H3,(H,36,38)(H,37,39)/b35-18+. The van der Waals surface area contributed by atoms with Crippen molar-refractivity contribution in [3.05, 3.63) is 118 Å². The number of ether oxygens (including phenoxy) is 3. The second-order valence-corrected chi connectivity index (χ2v) is 9.41. The maximum atomic E-state index is 14.1. The summed E-state index contributed by atoms with van der Waals surface area (Å²) in [6, 6.07) is 23.3. The van der Waals surface area contributed by atoms with E-state index in [1.54, 1.807) is 54.6 Å². The molecule has 0 radical (unpaired) electrons. The van der Waals surface area contributed by atoms with E-state index < -0.39 is 11.7 Å². The van der Waals surface area contributed by atoms with Crippen LogP contribution in [0.3, 0.4) is 0 Å². The Morgan fingerprint density at radius 2 is 1.69 bits per heavy atom. The number of halogens is 2. The molecule has 0 saturated carbocycles. The van der Waals surface area contributed by atoms with Gasteiger partial charge in [0, 0.05) is 16.8 Å². The number of benzene rings is 4. The van der Waals surface area contributed by atoms with Crippen molar-refractivity contribution in [3.63, 3.8) is 0 Å². The highest BCUT2D eigenvalue weighted by Gasteiger charge is 2.12. The molecule has 0 fully saturated rings. The zero-order valence-electron chi connectivity index (χ0n) is 23.0. The molecule has 4 aromatic rings. The lowest BCUT2D eigenvalue weighted by Crippen LogP contribution is -2.21. The summed E-state index contributed by atoms with van der Waals surface area (Å²) >= 11 is 6.09. The van der Waals surface area contributed by atoms with E-state index in [1.165, 1.54) is 18.3 Å². The molecule has 0 unspecified atom stereocenters. The maximum absolute atomic E-state index is 14.1. The second-order valence-electron chi connectivity index (χ2n) is 9.01. The lowest BCUT2D eigenvalue weighted by atomic mass is 10.2. The van der Waals surface area contributed by atoms with Gasteiger partial charge in [-0.2, -0.15) is 5.10 Å². The highest BCUT2D eigenvalue weighted by Crippen LogP contribution is 2.30. The lowest BCUT2D eigenvalue weighted by Gasteiger charge is -2.13. The number of nitrogens with zero attached hydrogens (tertiary/aromatic N) is 1. The summed E-state index contributed by atoms with van der Waals surface area (Å²) in [5.41, 5.74) is 5.17. The minimum Gasteiger partial charge on any atom is -0.490 e. The van der Waals surface area contributed by atoms with Crippen molar-refractivity contribution in [2.45, 2.75) is 20.5 Å². The molecule has 2 N–H and O–H groups in total. The van der Waals surface area contributed by atoms with Crippen LogP contribution in [0.15, 0.2) is 90.0 Å². The van der Waals surface area contributed by atoms with Gasteiger partial charge in [0.15, 0.2) is 18.1 Å². The van der Waals surface area contributed by atoms with Crippen LogP contribution in [-0.4, -0.2) is 31.2 Å². The number of amides is 2. The van der Waals surface area contributed by atoms with Crippen LogP contribution in [0.2, 0.25) is 5.02 Å². The number of carbonyl (C=O) groups is 2. The first-order valence-electron chi connectivity index (χ1n) is 13.1. The smallest absolute Gasteiger partial charge is 0.271 e. The fraction of sp³-hybridized carbons (Fsp3) is 0.156. The molecule has 0 atom stereocenters. The minimum atomic E-state index is -0.456. The second kappa shape index (κ2) is 14.7. The number of hydrogen-bond donors (Lipinski definition) is 2. The lowest BCUT2D eigenvalue weighted by molar-refractivity contribution is -0.118. The summed E-state index contributed by atoms with van der Waals surface area (Å²) in [5.74, 6) is 0.276. The van der Waals surface area contributed by atoms with E-state index in [-0.39, 0.29) is 29.7 Å². The molecule has 0 aliphatic rings. The van der Waals surface area contributed by atoms with E-state index in [1.807, 2.05) is 32.0 Å². The molecule has 0 aliphatic carbocycles. The van der Waals surface area contributed by atoms with Crippen LogP contribution < -0.4 is 25.0 Å². The number of nitrogens with one attached hydrogen (secondary N) is 2. The largest absolute Gasteiger partial charge is 0.490 e. The van der Waals surface area contributed by atoms with Crippen LogP contribution in [0, 0.1) is 12.7 Å². The highest BCUT2D eigenvalue weighted by molar-refractivity contribution is 6.31. The van der Waals surface area contributed by atoms with Gasteiger partial charge in [-0.15, -0.1) is 0 Å². The fourth-order valence-corrected chi connectivity index (χ4v) is 4.02. The van der Waals surface area contributed by atoms with Gasteiger partial charge >= 0.3 is 0 Å². The number of para-hydroxylation sites is 1. The molecular formula is C32H29ClFN3O5. The Kier molecular flexibility index (Phi) is 10.5. The zero-order chi connectivity index (χ0) is 29.9. The normalized spacial score (nSPS) is 10.8. The summed E-state index contributed by atoms with van der Waals surface area (Å²) in [6.07, 6.45) is 1.46. The Bertz CT molecular complexity index is 1560. The van der Waals surface area contributed by atoms with Crippen molar-refractivity contribution < 1.29 is 28.2 Å². The molecule has 0 spiro atoms. The van der Waals surface area contributed by atoms with Crippen LogP contribution in [0.1, 0.15) is 34.0 Å². The monoisotopic (exact) mass is 589 g/mol. The highest BCUT2D eigenvalue weighted by atomic mass is 35.5. The molecular weight excluding hydrogens is 561 g/mol. The zero-order valence-corrected chi connectivity index (χ0v) is 23.8. The molecule has 4 aromatic carbocycles. The predicted molar refractivity (Wildman–Crippen MR) is 160 cm³/mol. The molecule has 2 amide bonds. The topological polar surface area (TPSA) is 98.2 Å². The van der Waals surface area contributed by atoms with E-state index in [0.717, 1.165) is 5.56 Å².